The summed E-state index contributed by atoms with van der Waals surface area (Å²) in [5, 5.41) is 2.63. The number of rotatable bonds is 9. The van der Waals surface area contributed by atoms with Gasteiger partial charge in [-0.3, -0.25) is 4.79 Å². The minimum atomic E-state index is -3.81. The Morgan fingerprint density at radius 3 is 2.26 bits per heavy atom. The van der Waals surface area contributed by atoms with E-state index in [4.69, 9.17) is 0 Å². The number of hydrogen-bond acceptors (Lipinski definition) is 5. The molecule has 0 aliphatic heterocycles. The van der Waals surface area contributed by atoms with Crippen LogP contribution in [0.15, 0.2) is 52.3 Å². The van der Waals surface area contributed by atoms with Gasteiger partial charge in [0.05, 0.1) is 16.3 Å². The van der Waals surface area contributed by atoms with Crippen molar-refractivity contribution in [2.45, 2.75) is 50.1 Å². The molecule has 0 fully saturated rings. The van der Waals surface area contributed by atoms with Gasteiger partial charge in [0.1, 0.15) is 0 Å². The molecule has 0 bridgehead atoms. The number of benzene rings is 2. The highest BCUT2D eigenvalue weighted by Gasteiger charge is 2.23. The predicted molar refractivity (Wildman–Crippen MR) is 119 cm³/mol. The van der Waals surface area contributed by atoms with Crippen LogP contribution in [-0.2, 0) is 31.4 Å². The van der Waals surface area contributed by atoms with Gasteiger partial charge in [0, 0.05) is 19.6 Å². The molecular formula is C21H29N3O5S2. The topological polar surface area (TPSA) is 113 Å². The average Bonchev–Trinajstić information content (AvgIpc) is 2.67. The van der Waals surface area contributed by atoms with Crippen molar-refractivity contribution in [1.82, 2.24) is 14.3 Å². The Morgan fingerprint density at radius 2 is 1.65 bits per heavy atom. The van der Waals surface area contributed by atoms with E-state index in [1.165, 1.54) is 25.2 Å². The Bertz CT molecular complexity index is 1160. The van der Waals surface area contributed by atoms with Gasteiger partial charge in [-0.05, 0) is 68.7 Å². The fraction of sp³-hybridized carbons (Fsp3) is 0.381. The van der Waals surface area contributed by atoms with E-state index in [-0.39, 0.29) is 28.9 Å². The van der Waals surface area contributed by atoms with Crippen molar-refractivity contribution < 1.29 is 21.6 Å². The first kappa shape index (κ1) is 25.0. The minimum Gasteiger partial charge on any atom is -0.351 e. The number of nitrogens with one attached hydrogen (secondary N) is 2. The van der Waals surface area contributed by atoms with Crippen molar-refractivity contribution in [3.8, 4) is 0 Å². The van der Waals surface area contributed by atoms with E-state index in [0.717, 1.165) is 15.4 Å². The highest BCUT2D eigenvalue weighted by molar-refractivity contribution is 7.89. The van der Waals surface area contributed by atoms with Crippen LogP contribution in [0.1, 0.15) is 30.5 Å². The third-order valence-corrected chi connectivity index (χ3v) is 8.10. The molecule has 0 unspecified atom stereocenters. The van der Waals surface area contributed by atoms with Crippen molar-refractivity contribution in [3.05, 3.63) is 59.2 Å². The number of likely N-dealkylation sites (N-methyl/N-ethyl adjacent to an activating group) is 1. The molecular weight excluding hydrogens is 438 g/mol. The molecule has 0 radical (unpaired) electrons. The molecule has 2 aromatic carbocycles. The Kier molecular flexibility index (Phi) is 7.98. The maximum Gasteiger partial charge on any atom is 0.243 e. The van der Waals surface area contributed by atoms with E-state index in [1.54, 1.807) is 38.1 Å². The van der Waals surface area contributed by atoms with Crippen LogP contribution >= 0.6 is 0 Å². The molecule has 0 saturated heterocycles. The largest absolute Gasteiger partial charge is 0.351 e. The molecule has 1 amide bonds. The lowest BCUT2D eigenvalue weighted by molar-refractivity contribution is -0.121. The summed E-state index contributed by atoms with van der Waals surface area (Å²) in [7, 11) is -6.11. The first-order valence-electron chi connectivity index (χ1n) is 9.74. The van der Waals surface area contributed by atoms with Crippen LogP contribution < -0.4 is 10.0 Å². The number of nitrogens with zero attached hydrogens (tertiary/aromatic N) is 1. The SMILES string of the molecule is Cc1ccc(S(=O)(=O)N(C)CC(=O)NCc2cccc(S(=O)(=O)NC(C)C)c2)cc1C. The summed E-state index contributed by atoms with van der Waals surface area (Å²) >= 11 is 0. The molecule has 2 N–H and O–H groups in total. The number of aryl methyl sites for hydroxylation is 2. The molecule has 170 valence electrons. The molecule has 8 nitrogen and oxygen atoms in total. The van der Waals surface area contributed by atoms with Crippen molar-refractivity contribution >= 4 is 26.0 Å². The molecule has 2 rings (SSSR count). The molecule has 0 aliphatic rings. The summed E-state index contributed by atoms with van der Waals surface area (Å²) in [6, 6.07) is 10.8. The second-order valence-corrected chi connectivity index (χ2v) is 11.5. The van der Waals surface area contributed by atoms with E-state index in [9.17, 15) is 21.6 Å². The first-order valence-corrected chi connectivity index (χ1v) is 12.7. The van der Waals surface area contributed by atoms with Gasteiger partial charge in [0.25, 0.3) is 0 Å². The first-order chi connectivity index (χ1) is 14.3. The molecule has 0 saturated carbocycles. The Balaban J connectivity index is 2.03. The third kappa shape index (κ3) is 6.60. The predicted octanol–water partition coefficient (Wildman–Crippen LogP) is 1.93. The van der Waals surface area contributed by atoms with Crippen LogP contribution in [0.3, 0.4) is 0 Å². The Hall–Kier alpha value is -2.27. The van der Waals surface area contributed by atoms with Crippen LogP contribution in [0.4, 0.5) is 0 Å². The molecule has 2 aromatic rings. The number of amides is 1. The summed E-state index contributed by atoms with van der Waals surface area (Å²) in [6.45, 7) is 6.88. The lowest BCUT2D eigenvalue weighted by atomic mass is 10.1. The Morgan fingerprint density at radius 1 is 0.968 bits per heavy atom. The van der Waals surface area contributed by atoms with Crippen molar-refractivity contribution in [2.75, 3.05) is 13.6 Å². The van der Waals surface area contributed by atoms with Crippen LogP contribution in [0.2, 0.25) is 0 Å². The number of hydrogen-bond donors (Lipinski definition) is 2. The molecule has 31 heavy (non-hydrogen) atoms. The van der Waals surface area contributed by atoms with Crippen molar-refractivity contribution in [3.63, 3.8) is 0 Å². The van der Waals surface area contributed by atoms with Crippen LogP contribution in [0.5, 0.6) is 0 Å². The van der Waals surface area contributed by atoms with Crippen molar-refractivity contribution in [1.29, 1.82) is 0 Å². The van der Waals surface area contributed by atoms with Crippen LogP contribution in [-0.4, -0.2) is 46.7 Å². The fourth-order valence-corrected chi connectivity index (χ4v) is 5.33. The minimum absolute atomic E-state index is 0.0708. The summed E-state index contributed by atoms with van der Waals surface area (Å²) in [5.74, 6) is -0.497. The lowest BCUT2D eigenvalue weighted by Gasteiger charge is -2.18. The monoisotopic (exact) mass is 467 g/mol. The van der Waals surface area contributed by atoms with Gasteiger partial charge in [-0.15, -0.1) is 0 Å². The highest BCUT2D eigenvalue weighted by Crippen LogP contribution is 2.18. The van der Waals surface area contributed by atoms with Gasteiger partial charge in [-0.2, -0.15) is 4.31 Å². The third-order valence-electron chi connectivity index (χ3n) is 4.64. The molecule has 0 atom stereocenters. The van der Waals surface area contributed by atoms with Gasteiger partial charge in [0.15, 0.2) is 0 Å². The fourth-order valence-electron chi connectivity index (χ4n) is 2.80. The zero-order chi connectivity index (χ0) is 23.4. The smallest absolute Gasteiger partial charge is 0.243 e. The van der Waals surface area contributed by atoms with E-state index in [0.29, 0.717) is 5.56 Å². The molecule has 0 aliphatic carbocycles. The van der Waals surface area contributed by atoms with E-state index < -0.39 is 26.0 Å². The van der Waals surface area contributed by atoms with E-state index in [1.807, 2.05) is 13.8 Å². The lowest BCUT2D eigenvalue weighted by Crippen LogP contribution is -2.38. The quantitative estimate of drug-likeness (QED) is 0.585. The van der Waals surface area contributed by atoms with Gasteiger partial charge < -0.3 is 5.32 Å². The zero-order valence-corrected chi connectivity index (χ0v) is 20.0. The number of carbonyl (C=O) groups is 1. The molecule has 10 heteroatoms. The molecule has 0 spiro atoms. The van der Waals surface area contributed by atoms with E-state index >= 15 is 0 Å². The highest BCUT2D eigenvalue weighted by atomic mass is 32.2. The second-order valence-electron chi connectivity index (χ2n) is 7.71. The normalized spacial score (nSPS) is 12.4. The summed E-state index contributed by atoms with van der Waals surface area (Å²) in [6.07, 6.45) is 0. The second kappa shape index (κ2) is 9.90. The van der Waals surface area contributed by atoms with E-state index in [2.05, 4.69) is 10.0 Å². The summed E-state index contributed by atoms with van der Waals surface area (Å²) < 4.78 is 53.5. The number of sulfonamides is 2. The van der Waals surface area contributed by atoms with Gasteiger partial charge in [-0.1, -0.05) is 18.2 Å². The van der Waals surface area contributed by atoms with Gasteiger partial charge in [-0.25, -0.2) is 21.6 Å². The zero-order valence-electron chi connectivity index (χ0n) is 18.3. The summed E-state index contributed by atoms with van der Waals surface area (Å²) in [4.78, 5) is 12.5. The van der Waals surface area contributed by atoms with Crippen molar-refractivity contribution in [2.24, 2.45) is 0 Å². The maximum atomic E-state index is 12.7. The standard InChI is InChI=1S/C21H29N3O5S2/c1-15(2)23-30(26,27)19-8-6-7-18(12-19)13-22-21(25)14-24(5)31(28,29)20-10-9-16(3)17(4)11-20/h6-12,15,23H,13-14H2,1-5H3,(H,22,25). The molecule has 0 heterocycles. The van der Waals surface area contributed by atoms with Crippen LogP contribution in [0.25, 0.3) is 0 Å². The van der Waals surface area contributed by atoms with Gasteiger partial charge in [0.2, 0.25) is 26.0 Å². The summed E-state index contributed by atoms with van der Waals surface area (Å²) in [5.41, 5.74) is 2.41. The van der Waals surface area contributed by atoms with Crippen LogP contribution in [0, 0.1) is 13.8 Å². The number of carbonyl (C=O) groups excluding carboxylic acids is 1. The Labute approximate surface area is 184 Å². The molecule has 0 aromatic heterocycles. The maximum absolute atomic E-state index is 12.7. The average molecular weight is 468 g/mol. The van der Waals surface area contributed by atoms with Gasteiger partial charge >= 0.3 is 0 Å².